The lowest BCUT2D eigenvalue weighted by atomic mass is 9.92. The molecular formula is C16H23N5O3. The van der Waals surface area contributed by atoms with Crippen molar-refractivity contribution in [2.45, 2.75) is 51.5 Å². The van der Waals surface area contributed by atoms with E-state index in [4.69, 9.17) is 0 Å². The van der Waals surface area contributed by atoms with Crippen LogP contribution in [0.3, 0.4) is 0 Å². The zero-order valence-corrected chi connectivity index (χ0v) is 14.0. The van der Waals surface area contributed by atoms with Crippen molar-refractivity contribution in [2.24, 2.45) is 0 Å². The molecule has 24 heavy (non-hydrogen) atoms. The highest BCUT2D eigenvalue weighted by molar-refractivity contribution is 6.00. The largest absolute Gasteiger partial charge is 0.356 e. The first-order valence-electron chi connectivity index (χ1n) is 8.49. The highest BCUT2D eigenvalue weighted by Crippen LogP contribution is 2.30. The van der Waals surface area contributed by atoms with E-state index in [1.54, 1.807) is 6.92 Å². The Kier molecular flexibility index (Phi) is 4.55. The van der Waals surface area contributed by atoms with Gasteiger partial charge in [-0.25, -0.2) is 0 Å². The van der Waals surface area contributed by atoms with Crippen LogP contribution in [0.4, 0.5) is 11.8 Å². The smallest absolute Gasteiger partial charge is 0.258 e. The van der Waals surface area contributed by atoms with Gasteiger partial charge >= 0.3 is 0 Å². The Bertz CT molecular complexity index is 714. The molecule has 0 saturated carbocycles. The third-order valence-electron chi connectivity index (χ3n) is 4.68. The summed E-state index contributed by atoms with van der Waals surface area (Å²) in [6, 6.07) is 0.276. The number of piperidine rings is 1. The quantitative estimate of drug-likeness (QED) is 0.755. The van der Waals surface area contributed by atoms with Crippen molar-refractivity contribution in [1.82, 2.24) is 15.3 Å². The van der Waals surface area contributed by atoms with Gasteiger partial charge < -0.3 is 15.5 Å². The number of amides is 2. The van der Waals surface area contributed by atoms with Crippen LogP contribution in [-0.4, -0.2) is 40.9 Å². The number of H-pyrrole nitrogens is 1. The standard InChI is InChI=1S/C16H23N5O3/c1-3-17-14(23)10-8-11(22)18-13-12(10)15(24)20-16(19-13)21-7-5-4-6-9(21)2/h9-10H,3-8H2,1-2H3,(H,17,23)(H2,18,19,20,22,24)/t9-,10+/m1/s1. The number of nitrogens with one attached hydrogen (secondary N) is 3. The fraction of sp³-hybridized carbons (Fsp3) is 0.625. The van der Waals surface area contributed by atoms with E-state index in [2.05, 4.69) is 27.5 Å². The van der Waals surface area contributed by atoms with Crippen molar-refractivity contribution in [3.05, 3.63) is 15.9 Å². The van der Waals surface area contributed by atoms with Gasteiger partial charge in [0, 0.05) is 25.6 Å². The normalized spacial score (nSPS) is 23.4. The number of hydrogen-bond acceptors (Lipinski definition) is 5. The fourth-order valence-corrected chi connectivity index (χ4v) is 3.43. The molecule has 2 atom stereocenters. The molecule has 2 amide bonds. The molecule has 3 rings (SSSR count). The maximum Gasteiger partial charge on any atom is 0.258 e. The lowest BCUT2D eigenvalue weighted by molar-refractivity contribution is -0.126. The molecule has 0 aliphatic carbocycles. The third kappa shape index (κ3) is 3.00. The maximum atomic E-state index is 12.6. The van der Waals surface area contributed by atoms with E-state index in [1.165, 1.54) is 0 Å². The van der Waals surface area contributed by atoms with E-state index >= 15 is 0 Å². The molecule has 0 aromatic carbocycles. The van der Waals surface area contributed by atoms with Crippen LogP contribution < -0.4 is 21.1 Å². The van der Waals surface area contributed by atoms with E-state index in [-0.39, 0.29) is 41.2 Å². The van der Waals surface area contributed by atoms with Crippen molar-refractivity contribution >= 4 is 23.6 Å². The van der Waals surface area contributed by atoms with Gasteiger partial charge in [0.15, 0.2) is 0 Å². The Morgan fingerprint density at radius 1 is 1.38 bits per heavy atom. The zero-order chi connectivity index (χ0) is 17.3. The summed E-state index contributed by atoms with van der Waals surface area (Å²) in [5.74, 6) is -0.742. The molecule has 0 radical (unpaired) electrons. The van der Waals surface area contributed by atoms with Gasteiger partial charge in [0.05, 0.1) is 11.5 Å². The molecule has 8 heteroatoms. The van der Waals surface area contributed by atoms with Gasteiger partial charge in [-0.05, 0) is 33.1 Å². The number of anilines is 2. The molecule has 3 heterocycles. The van der Waals surface area contributed by atoms with Gasteiger partial charge in [-0.1, -0.05) is 0 Å². The molecule has 0 bridgehead atoms. The van der Waals surface area contributed by atoms with Gasteiger partial charge in [0.1, 0.15) is 5.82 Å². The first kappa shape index (κ1) is 16.5. The van der Waals surface area contributed by atoms with E-state index in [9.17, 15) is 14.4 Å². The minimum Gasteiger partial charge on any atom is -0.356 e. The topological polar surface area (TPSA) is 107 Å². The van der Waals surface area contributed by atoms with Crippen molar-refractivity contribution in [3.8, 4) is 0 Å². The van der Waals surface area contributed by atoms with Crippen LogP contribution in [0.1, 0.15) is 51.0 Å². The van der Waals surface area contributed by atoms with Crippen molar-refractivity contribution in [1.29, 1.82) is 0 Å². The Labute approximate surface area is 140 Å². The Morgan fingerprint density at radius 3 is 2.88 bits per heavy atom. The van der Waals surface area contributed by atoms with Gasteiger partial charge in [0.2, 0.25) is 17.8 Å². The molecule has 1 fully saturated rings. The second kappa shape index (κ2) is 6.62. The van der Waals surface area contributed by atoms with Crippen molar-refractivity contribution in [3.63, 3.8) is 0 Å². The number of aromatic amines is 1. The number of carbonyl (C=O) groups excluding carboxylic acids is 2. The van der Waals surface area contributed by atoms with Crippen LogP contribution in [0.15, 0.2) is 4.79 Å². The van der Waals surface area contributed by atoms with Gasteiger partial charge in [-0.15, -0.1) is 0 Å². The molecular weight excluding hydrogens is 310 g/mol. The molecule has 0 spiro atoms. The summed E-state index contributed by atoms with van der Waals surface area (Å²) in [6.07, 6.45) is 3.19. The number of likely N-dealkylation sites (N-methyl/N-ethyl adjacent to an activating group) is 1. The molecule has 1 aromatic heterocycles. The third-order valence-corrected chi connectivity index (χ3v) is 4.68. The van der Waals surface area contributed by atoms with E-state index in [0.717, 1.165) is 25.8 Å². The SMILES string of the molecule is CCNC(=O)[C@H]1CC(=O)Nc2nc(N3CCCC[C@H]3C)[nH]c(=O)c21. The van der Waals surface area contributed by atoms with E-state index in [1.807, 2.05) is 4.90 Å². The summed E-state index contributed by atoms with van der Waals surface area (Å²) >= 11 is 0. The van der Waals surface area contributed by atoms with Gasteiger partial charge in [-0.2, -0.15) is 4.98 Å². The average molecular weight is 333 g/mol. The van der Waals surface area contributed by atoms with E-state index < -0.39 is 5.92 Å². The summed E-state index contributed by atoms with van der Waals surface area (Å²) < 4.78 is 0. The fourth-order valence-electron chi connectivity index (χ4n) is 3.43. The Hall–Kier alpha value is -2.38. The highest BCUT2D eigenvalue weighted by Gasteiger charge is 2.35. The maximum absolute atomic E-state index is 12.6. The molecule has 130 valence electrons. The molecule has 1 aromatic rings. The highest BCUT2D eigenvalue weighted by atomic mass is 16.2. The minimum atomic E-state index is -0.794. The lowest BCUT2D eigenvalue weighted by Gasteiger charge is -2.34. The van der Waals surface area contributed by atoms with Crippen LogP contribution >= 0.6 is 0 Å². The predicted molar refractivity (Wildman–Crippen MR) is 90.2 cm³/mol. The molecule has 3 N–H and O–H groups in total. The van der Waals surface area contributed by atoms with Crippen LogP contribution in [0.2, 0.25) is 0 Å². The minimum absolute atomic E-state index is 0.0386. The van der Waals surface area contributed by atoms with Crippen LogP contribution in [0.25, 0.3) is 0 Å². The Balaban J connectivity index is 2.01. The number of rotatable bonds is 3. The van der Waals surface area contributed by atoms with E-state index in [0.29, 0.717) is 12.5 Å². The van der Waals surface area contributed by atoms with Crippen LogP contribution in [-0.2, 0) is 9.59 Å². The summed E-state index contributed by atoms with van der Waals surface area (Å²) in [5.41, 5.74) is -0.113. The average Bonchev–Trinajstić information content (AvgIpc) is 2.54. The number of fused-ring (bicyclic) bond motifs is 1. The summed E-state index contributed by atoms with van der Waals surface area (Å²) in [4.78, 5) is 46.1. The van der Waals surface area contributed by atoms with Gasteiger partial charge in [0.25, 0.3) is 5.56 Å². The van der Waals surface area contributed by atoms with Crippen LogP contribution in [0.5, 0.6) is 0 Å². The number of carbonyl (C=O) groups is 2. The lowest BCUT2D eigenvalue weighted by Crippen LogP contribution is -2.42. The summed E-state index contributed by atoms with van der Waals surface area (Å²) in [5, 5.41) is 5.32. The van der Waals surface area contributed by atoms with Crippen molar-refractivity contribution < 1.29 is 9.59 Å². The monoisotopic (exact) mass is 333 g/mol. The molecule has 1 saturated heterocycles. The molecule has 2 aliphatic heterocycles. The Morgan fingerprint density at radius 2 is 2.17 bits per heavy atom. The van der Waals surface area contributed by atoms with Gasteiger partial charge in [-0.3, -0.25) is 19.4 Å². The zero-order valence-electron chi connectivity index (χ0n) is 14.0. The first-order valence-corrected chi connectivity index (χ1v) is 8.49. The summed E-state index contributed by atoms with van der Waals surface area (Å²) in [6.45, 7) is 5.15. The van der Waals surface area contributed by atoms with Crippen LogP contribution in [0, 0.1) is 0 Å². The molecule has 8 nitrogen and oxygen atoms in total. The first-order chi connectivity index (χ1) is 11.5. The predicted octanol–water partition coefficient (Wildman–Crippen LogP) is 0.711. The number of aromatic nitrogens is 2. The second-order valence-corrected chi connectivity index (χ2v) is 6.39. The molecule has 2 aliphatic rings. The summed E-state index contributed by atoms with van der Waals surface area (Å²) in [7, 11) is 0. The molecule has 0 unspecified atom stereocenters. The van der Waals surface area contributed by atoms with Crippen molar-refractivity contribution in [2.75, 3.05) is 23.3 Å². The second-order valence-electron chi connectivity index (χ2n) is 6.39. The number of nitrogens with zero attached hydrogens (tertiary/aromatic N) is 2. The number of hydrogen-bond donors (Lipinski definition) is 3.